The van der Waals surface area contributed by atoms with Gasteiger partial charge in [-0.25, -0.2) is 0 Å². The zero-order chi connectivity index (χ0) is 25.4. The van der Waals surface area contributed by atoms with Gasteiger partial charge in [0.2, 0.25) is 24.5 Å². The average molecular weight is 488 g/mol. The topological polar surface area (TPSA) is 169 Å². The lowest BCUT2D eigenvalue weighted by Crippen LogP contribution is -2.55. The van der Waals surface area contributed by atoms with E-state index < -0.39 is 35.8 Å². The minimum atomic E-state index is -1.11. The minimum absolute atomic E-state index is 0.00357. The van der Waals surface area contributed by atoms with Crippen LogP contribution in [-0.2, 0) is 24.0 Å². The van der Waals surface area contributed by atoms with Crippen LogP contribution < -0.4 is 30.7 Å². The highest BCUT2D eigenvalue weighted by molar-refractivity contribution is 5.99. The van der Waals surface area contributed by atoms with E-state index in [2.05, 4.69) is 21.3 Å². The van der Waals surface area contributed by atoms with Gasteiger partial charge in [-0.3, -0.25) is 24.0 Å². The van der Waals surface area contributed by atoms with Gasteiger partial charge in [0, 0.05) is 24.9 Å². The van der Waals surface area contributed by atoms with Crippen molar-refractivity contribution < 1.29 is 38.2 Å². The fraction of sp³-hybridized carbons (Fsp3) is 0.478. The molecule has 0 unspecified atom stereocenters. The zero-order valence-corrected chi connectivity index (χ0v) is 19.3. The molecule has 1 fully saturated rings. The van der Waals surface area contributed by atoms with Crippen molar-refractivity contribution in [2.24, 2.45) is 0 Å². The van der Waals surface area contributed by atoms with Crippen LogP contribution in [0.2, 0.25) is 0 Å². The van der Waals surface area contributed by atoms with Gasteiger partial charge in [-0.15, -0.1) is 0 Å². The Labute approximate surface area is 201 Å². The number of hydrogen-bond donors (Lipinski definition) is 4. The zero-order valence-electron chi connectivity index (χ0n) is 19.3. The van der Waals surface area contributed by atoms with Crippen LogP contribution in [0.15, 0.2) is 18.2 Å². The summed E-state index contributed by atoms with van der Waals surface area (Å²) in [6, 6.07) is 1.42. The number of aldehydes is 1. The van der Waals surface area contributed by atoms with E-state index in [4.69, 9.17) is 9.47 Å². The third-order valence-corrected chi connectivity index (χ3v) is 5.54. The Bertz CT molecular complexity index is 1010. The van der Waals surface area contributed by atoms with E-state index in [1.54, 1.807) is 6.07 Å². The molecule has 188 valence electrons. The number of amides is 4. The predicted octanol–water partition coefficient (Wildman–Crippen LogP) is -0.648. The van der Waals surface area contributed by atoms with Crippen molar-refractivity contribution in [3.05, 3.63) is 23.8 Å². The third-order valence-electron chi connectivity index (χ3n) is 5.54. The van der Waals surface area contributed by atoms with Crippen LogP contribution in [0.4, 0.5) is 0 Å². The van der Waals surface area contributed by atoms with Crippen LogP contribution in [0.1, 0.15) is 49.4 Å². The Kier molecular flexibility index (Phi) is 8.76. The SMILES string of the molecule is CC(=O)C[C@@H](C=O)NC(=O)[C@@H]1CCCNC(=O)CC[C@H](NC(=O)c2ccc3c(c2)OCO3)C(=O)N1. The molecule has 1 aromatic carbocycles. The number of ether oxygens (including phenoxy) is 2. The van der Waals surface area contributed by atoms with E-state index in [1.165, 1.54) is 19.1 Å². The van der Waals surface area contributed by atoms with Crippen LogP contribution in [-0.4, -0.2) is 67.2 Å². The summed E-state index contributed by atoms with van der Waals surface area (Å²) >= 11 is 0. The summed E-state index contributed by atoms with van der Waals surface area (Å²) in [4.78, 5) is 73.3. The first-order chi connectivity index (χ1) is 16.8. The van der Waals surface area contributed by atoms with Crippen LogP contribution >= 0.6 is 0 Å². The van der Waals surface area contributed by atoms with Gasteiger partial charge in [0.05, 0.1) is 6.04 Å². The van der Waals surface area contributed by atoms with Gasteiger partial charge in [-0.05, 0) is 44.4 Å². The van der Waals surface area contributed by atoms with Gasteiger partial charge >= 0.3 is 0 Å². The second-order valence-electron chi connectivity index (χ2n) is 8.34. The molecule has 0 radical (unpaired) electrons. The predicted molar refractivity (Wildman–Crippen MR) is 121 cm³/mol. The molecule has 0 bridgehead atoms. The Morgan fingerprint density at radius 2 is 1.94 bits per heavy atom. The maximum Gasteiger partial charge on any atom is 0.252 e. The molecule has 2 aliphatic heterocycles. The number of benzene rings is 1. The molecule has 3 atom stereocenters. The number of carbonyl (C=O) groups excluding carboxylic acids is 6. The first-order valence-electron chi connectivity index (χ1n) is 11.3. The number of carbonyl (C=O) groups is 6. The van der Waals surface area contributed by atoms with E-state index in [-0.39, 0.29) is 56.3 Å². The van der Waals surface area contributed by atoms with Crippen LogP contribution in [0, 0.1) is 0 Å². The highest BCUT2D eigenvalue weighted by Gasteiger charge is 2.29. The molecule has 1 saturated heterocycles. The van der Waals surface area contributed by atoms with Gasteiger partial charge < -0.3 is 35.5 Å². The van der Waals surface area contributed by atoms with Gasteiger partial charge in [0.15, 0.2) is 11.5 Å². The summed E-state index contributed by atoms with van der Waals surface area (Å²) in [5.41, 5.74) is 0.230. The number of Topliss-reactive ketones (excluding diaryl/α,β-unsaturated/α-hetero) is 1. The third kappa shape index (κ3) is 7.26. The molecule has 0 aromatic heterocycles. The Hall–Kier alpha value is -3.96. The molecule has 12 heteroatoms. The summed E-state index contributed by atoms with van der Waals surface area (Å²) in [5.74, 6) is -1.52. The summed E-state index contributed by atoms with van der Waals surface area (Å²) < 4.78 is 10.5. The first kappa shape index (κ1) is 25.7. The molecule has 2 aliphatic rings. The van der Waals surface area contributed by atoms with Gasteiger partial charge in [-0.1, -0.05) is 0 Å². The minimum Gasteiger partial charge on any atom is -0.454 e. The Morgan fingerprint density at radius 1 is 1.17 bits per heavy atom. The average Bonchev–Trinajstić information content (AvgIpc) is 3.29. The molecular formula is C23H28N4O8. The monoisotopic (exact) mass is 488 g/mol. The highest BCUT2D eigenvalue weighted by Crippen LogP contribution is 2.32. The highest BCUT2D eigenvalue weighted by atomic mass is 16.7. The van der Waals surface area contributed by atoms with Gasteiger partial charge in [-0.2, -0.15) is 0 Å². The molecule has 12 nitrogen and oxygen atoms in total. The van der Waals surface area contributed by atoms with Crippen molar-refractivity contribution in [2.75, 3.05) is 13.3 Å². The van der Waals surface area contributed by atoms with Crippen LogP contribution in [0.5, 0.6) is 11.5 Å². The van der Waals surface area contributed by atoms with Gasteiger partial charge in [0.25, 0.3) is 5.91 Å². The second-order valence-corrected chi connectivity index (χ2v) is 8.34. The van der Waals surface area contributed by atoms with Crippen molar-refractivity contribution in [2.45, 2.75) is 57.2 Å². The fourth-order valence-electron chi connectivity index (χ4n) is 3.71. The molecule has 4 amide bonds. The quantitative estimate of drug-likeness (QED) is 0.367. The Balaban J connectivity index is 1.72. The Morgan fingerprint density at radius 3 is 2.69 bits per heavy atom. The normalized spacial score (nSPS) is 20.9. The second kappa shape index (κ2) is 12.0. The molecule has 3 rings (SSSR count). The van der Waals surface area contributed by atoms with E-state index in [0.29, 0.717) is 24.2 Å². The van der Waals surface area contributed by atoms with Gasteiger partial charge in [0.1, 0.15) is 24.2 Å². The van der Waals surface area contributed by atoms with Crippen molar-refractivity contribution in [1.82, 2.24) is 21.3 Å². The fourth-order valence-corrected chi connectivity index (χ4v) is 3.71. The van der Waals surface area contributed by atoms with E-state index in [0.717, 1.165) is 0 Å². The summed E-state index contributed by atoms with van der Waals surface area (Å²) in [5, 5.41) is 10.4. The van der Waals surface area contributed by atoms with Crippen LogP contribution in [0.25, 0.3) is 0 Å². The van der Waals surface area contributed by atoms with Crippen molar-refractivity contribution in [1.29, 1.82) is 0 Å². The molecular weight excluding hydrogens is 460 g/mol. The molecule has 0 spiro atoms. The number of ketones is 1. The molecule has 0 saturated carbocycles. The summed E-state index contributed by atoms with van der Waals surface area (Å²) in [6.45, 7) is 1.63. The standard InChI is InChI=1S/C23H28N4O8/c1-13(29)9-15(11-28)25-22(32)16-3-2-8-24-20(30)7-5-17(23(33)27-16)26-21(31)14-4-6-18-19(10-14)35-12-34-18/h4,6,10-11,15-17H,2-3,5,7-9,12H2,1H3,(H,24,30)(H,25,32)(H,26,31)(H,27,33)/t15-,16-,17-/m0/s1. The maximum atomic E-state index is 13.0. The van der Waals surface area contributed by atoms with Crippen molar-refractivity contribution in [3.8, 4) is 11.5 Å². The van der Waals surface area contributed by atoms with E-state index >= 15 is 0 Å². The lowest BCUT2D eigenvalue weighted by Gasteiger charge is -2.23. The first-order valence-corrected chi connectivity index (χ1v) is 11.3. The number of fused-ring (bicyclic) bond motifs is 1. The molecule has 0 aliphatic carbocycles. The van der Waals surface area contributed by atoms with Crippen molar-refractivity contribution in [3.63, 3.8) is 0 Å². The number of rotatable bonds is 7. The molecule has 2 heterocycles. The molecule has 1 aromatic rings. The lowest BCUT2D eigenvalue weighted by molar-refractivity contribution is -0.131. The lowest BCUT2D eigenvalue weighted by atomic mass is 10.1. The number of nitrogens with one attached hydrogen (secondary N) is 4. The van der Waals surface area contributed by atoms with E-state index in [9.17, 15) is 28.8 Å². The molecule has 35 heavy (non-hydrogen) atoms. The summed E-state index contributed by atoms with van der Waals surface area (Å²) in [7, 11) is 0. The van der Waals surface area contributed by atoms with Crippen molar-refractivity contribution >= 4 is 35.7 Å². The smallest absolute Gasteiger partial charge is 0.252 e. The summed E-state index contributed by atoms with van der Waals surface area (Å²) in [6.07, 6.45) is 0.843. The van der Waals surface area contributed by atoms with Crippen LogP contribution in [0.3, 0.4) is 0 Å². The largest absolute Gasteiger partial charge is 0.454 e. The number of hydrogen-bond acceptors (Lipinski definition) is 8. The van der Waals surface area contributed by atoms with E-state index in [1.807, 2.05) is 0 Å². The maximum absolute atomic E-state index is 13.0. The molecule has 4 N–H and O–H groups in total.